The molecule has 124 valence electrons. The van der Waals surface area contributed by atoms with Crippen LogP contribution < -0.4 is 10.6 Å². The largest absolute Gasteiger partial charge is 0.480 e. The van der Waals surface area contributed by atoms with Crippen LogP contribution >= 0.6 is 61.0 Å². The van der Waals surface area contributed by atoms with Gasteiger partial charge in [0.15, 0.2) is 0 Å². The molecule has 0 spiro atoms. The Labute approximate surface area is 154 Å². The summed E-state index contributed by atoms with van der Waals surface area (Å²) in [5, 5.41) is 16.0. The number of carboxylic acid groups (broad SMARTS) is 1. The van der Waals surface area contributed by atoms with Crippen molar-refractivity contribution in [1.29, 1.82) is 0 Å². The predicted molar refractivity (Wildman–Crippen MR) is 96.8 cm³/mol. The molecular formula is C12H16Cl2N2O3S3. The second-order valence-electron chi connectivity index (χ2n) is 5.63. The van der Waals surface area contributed by atoms with Crippen molar-refractivity contribution in [2.24, 2.45) is 0 Å². The van der Waals surface area contributed by atoms with Crippen molar-refractivity contribution in [3.8, 4) is 0 Å². The van der Waals surface area contributed by atoms with Crippen LogP contribution in [-0.2, 0) is 9.59 Å². The van der Waals surface area contributed by atoms with Crippen molar-refractivity contribution in [2.75, 3.05) is 6.54 Å². The van der Waals surface area contributed by atoms with Gasteiger partial charge >= 0.3 is 5.97 Å². The molecule has 0 bridgehead atoms. The van der Waals surface area contributed by atoms with Crippen LogP contribution in [0.3, 0.4) is 0 Å². The van der Waals surface area contributed by atoms with E-state index in [2.05, 4.69) is 23.3 Å². The van der Waals surface area contributed by atoms with Crippen LogP contribution in [0.25, 0.3) is 0 Å². The summed E-state index contributed by atoms with van der Waals surface area (Å²) in [6, 6.07) is -0.206. The van der Waals surface area contributed by atoms with Gasteiger partial charge in [-0.25, -0.2) is 0 Å². The van der Waals surface area contributed by atoms with Crippen LogP contribution in [0.5, 0.6) is 0 Å². The number of nitrogens with one attached hydrogen (secondary N) is 2. The average Bonchev–Trinajstić information content (AvgIpc) is 3.24. The standard InChI is InChI=1S/C12H14N2O3S3.2ClH/c15-8(6-3-5(18)4-13-6)14-12-7(19-12)1-2-11(10(16)17)9(12)20-11;;/h1-2,5-7,9,13,18H,3-4H2,(H,14,15)(H,16,17);2*1H/t5?,6?,7-,9+,11?,12?;;/m1../s1. The fourth-order valence-corrected chi connectivity index (χ4v) is 6.46. The Bertz CT molecular complexity index is 552. The normalized spacial score (nSPS) is 46.4. The molecule has 22 heavy (non-hydrogen) atoms. The van der Waals surface area contributed by atoms with Gasteiger partial charge in [0.05, 0.1) is 16.5 Å². The molecule has 3 aliphatic heterocycles. The monoisotopic (exact) mass is 402 g/mol. The highest BCUT2D eigenvalue weighted by Gasteiger charge is 2.79. The first kappa shape index (κ1) is 18.6. The minimum Gasteiger partial charge on any atom is -0.480 e. The summed E-state index contributed by atoms with van der Waals surface area (Å²) in [5.74, 6) is -0.837. The number of carbonyl (C=O) groups excluding carboxylic acids is 1. The average molecular weight is 403 g/mol. The lowest BCUT2D eigenvalue weighted by Gasteiger charge is -2.22. The highest BCUT2D eigenvalue weighted by molar-refractivity contribution is 8.14. The number of halogens is 2. The van der Waals surface area contributed by atoms with Crippen LogP contribution in [-0.4, -0.2) is 54.9 Å². The lowest BCUT2D eigenvalue weighted by atomic mass is 9.91. The zero-order valence-electron chi connectivity index (χ0n) is 11.2. The molecule has 5 nitrogen and oxygen atoms in total. The quantitative estimate of drug-likeness (QED) is 0.319. The molecule has 4 aliphatic rings. The number of amides is 1. The Balaban J connectivity index is 0.000000882. The van der Waals surface area contributed by atoms with Gasteiger partial charge in [-0.15, -0.1) is 48.3 Å². The number of hydrogen-bond acceptors (Lipinski definition) is 6. The Hall–Kier alpha value is 0.270. The lowest BCUT2D eigenvalue weighted by Crippen LogP contribution is -2.52. The first-order valence-corrected chi connectivity index (χ1v) is 8.77. The summed E-state index contributed by atoms with van der Waals surface area (Å²) >= 11 is 7.45. The Kier molecular flexibility index (Phi) is 5.05. The van der Waals surface area contributed by atoms with Crippen LogP contribution in [0, 0.1) is 0 Å². The molecule has 0 aromatic heterocycles. The molecule has 0 aromatic rings. The van der Waals surface area contributed by atoms with E-state index in [0.29, 0.717) is 0 Å². The van der Waals surface area contributed by atoms with Crippen LogP contribution in [0.2, 0.25) is 0 Å². The summed E-state index contributed by atoms with van der Waals surface area (Å²) in [6.07, 6.45) is 4.44. The van der Waals surface area contributed by atoms with Gasteiger partial charge in [0.25, 0.3) is 0 Å². The van der Waals surface area contributed by atoms with Crippen molar-refractivity contribution in [1.82, 2.24) is 10.6 Å². The van der Waals surface area contributed by atoms with Crippen LogP contribution in [0.4, 0.5) is 0 Å². The summed E-state index contributed by atoms with van der Waals surface area (Å²) in [5.41, 5.74) is 0. The van der Waals surface area contributed by atoms with E-state index < -0.39 is 15.6 Å². The first-order chi connectivity index (χ1) is 9.48. The SMILES string of the molecule is Cl.Cl.O=C(NC12S[C@@H]1C=CC1(C(=O)O)S[C@@H]12)C1CC(S)CN1. The Morgan fingerprint density at radius 3 is 2.68 bits per heavy atom. The molecular weight excluding hydrogens is 387 g/mol. The predicted octanol–water partition coefficient (Wildman–Crippen LogP) is 0.927. The van der Waals surface area contributed by atoms with Crippen molar-refractivity contribution in [3.05, 3.63) is 12.2 Å². The van der Waals surface area contributed by atoms with Crippen LogP contribution in [0.1, 0.15) is 6.42 Å². The molecule has 1 aliphatic carbocycles. The number of carbonyl (C=O) groups is 2. The van der Waals surface area contributed by atoms with E-state index >= 15 is 0 Å². The summed E-state index contributed by atoms with van der Waals surface area (Å²) in [4.78, 5) is 23.3. The molecule has 3 N–H and O–H groups in total. The number of rotatable bonds is 3. The molecule has 4 unspecified atom stereocenters. The summed E-state index contributed by atoms with van der Waals surface area (Å²) in [7, 11) is 0. The van der Waals surface area contributed by atoms with E-state index in [1.165, 1.54) is 11.8 Å². The molecule has 1 amide bonds. The zero-order chi connectivity index (χ0) is 14.1. The number of hydrogen-bond donors (Lipinski definition) is 4. The number of fused-ring (bicyclic) bond motifs is 3. The smallest absolute Gasteiger partial charge is 0.325 e. The molecule has 10 heteroatoms. The summed E-state index contributed by atoms with van der Waals surface area (Å²) in [6.45, 7) is 0.738. The maximum Gasteiger partial charge on any atom is 0.325 e. The van der Waals surface area contributed by atoms with E-state index in [1.54, 1.807) is 17.8 Å². The van der Waals surface area contributed by atoms with E-state index in [-0.39, 0.29) is 52.5 Å². The third-order valence-corrected chi connectivity index (χ3v) is 8.03. The van der Waals surface area contributed by atoms with Gasteiger partial charge in [-0.05, 0) is 6.42 Å². The highest BCUT2D eigenvalue weighted by Crippen LogP contribution is 2.74. The highest BCUT2D eigenvalue weighted by atomic mass is 35.5. The molecule has 0 radical (unpaired) electrons. The van der Waals surface area contributed by atoms with E-state index in [1.807, 2.05) is 6.08 Å². The van der Waals surface area contributed by atoms with E-state index in [0.717, 1.165) is 13.0 Å². The van der Waals surface area contributed by atoms with Gasteiger partial charge in [-0.2, -0.15) is 12.6 Å². The Morgan fingerprint density at radius 1 is 1.36 bits per heavy atom. The minimum absolute atomic E-state index is 0. The zero-order valence-corrected chi connectivity index (χ0v) is 15.4. The van der Waals surface area contributed by atoms with Gasteiger partial charge in [-0.3, -0.25) is 9.59 Å². The number of thioether (sulfide) groups is 2. The van der Waals surface area contributed by atoms with Gasteiger partial charge < -0.3 is 15.7 Å². The third-order valence-electron chi connectivity index (χ3n) is 4.32. The third kappa shape index (κ3) is 2.56. The fraction of sp³-hybridized carbons (Fsp3) is 0.667. The van der Waals surface area contributed by atoms with Crippen molar-refractivity contribution in [2.45, 2.75) is 37.8 Å². The summed E-state index contributed by atoms with van der Waals surface area (Å²) < 4.78 is -0.817. The number of carboxylic acids is 1. The molecule has 0 saturated carbocycles. The number of aliphatic carboxylic acids is 1. The molecule has 3 saturated heterocycles. The second kappa shape index (κ2) is 5.97. The maximum absolute atomic E-state index is 12.3. The van der Waals surface area contributed by atoms with E-state index in [4.69, 9.17) is 0 Å². The van der Waals surface area contributed by atoms with Crippen molar-refractivity contribution < 1.29 is 14.7 Å². The van der Waals surface area contributed by atoms with E-state index in [9.17, 15) is 14.7 Å². The first-order valence-electron chi connectivity index (χ1n) is 6.50. The Morgan fingerprint density at radius 2 is 2.09 bits per heavy atom. The molecule has 3 heterocycles. The van der Waals surface area contributed by atoms with Crippen molar-refractivity contribution >= 4 is 72.8 Å². The van der Waals surface area contributed by atoms with Crippen molar-refractivity contribution in [3.63, 3.8) is 0 Å². The minimum atomic E-state index is -0.817. The topological polar surface area (TPSA) is 78.4 Å². The van der Waals surface area contributed by atoms with Gasteiger partial charge in [-0.1, -0.05) is 12.2 Å². The number of thiol groups is 1. The van der Waals surface area contributed by atoms with Crippen LogP contribution in [0.15, 0.2) is 12.2 Å². The molecule has 6 atom stereocenters. The molecule has 3 fully saturated rings. The fourth-order valence-electron chi connectivity index (χ4n) is 3.09. The lowest BCUT2D eigenvalue weighted by molar-refractivity contribution is -0.138. The second-order valence-corrected chi connectivity index (χ2v) is 9.16. The van der Waals surface area contributed by atoms with Gasteiger partial charge in [0, 0.05) is 11.8 Å². The maximum atomic E-state index is 12.3. The molecule has 4 rings (SSSR count). The molecule has 0 aromatic carbocycles. The van der Waals surface area contributed by atoms with Gasteiger partial charge in [0.1, 0.15) is 9.62 Å². The van der Waals surface area contributed by atoms with Gasteiger partial charge in [0.2, 0.25) is 5.91 Å².